The first-order valence-corrected chi connectivity index (χ1v) is 15.2. The van der Waals surface area contributed by atoms with Crippen LogP contribution in [0.1, 0.15) is 36.1 Å². The predicted octanol–water partition coefficient (Wildman–Crippen LogP) is 9.93. The van der Waals surface area contributed by atoms with Gasteiger partial charge in [-0.3, -0.25) is 0 Å². The van der Waals surface area contributed by atoms with Gasteiger partial charge in [0.05, 0.1) is 44.6 Å². The van der Waals surface area contributed by atoms with Gasteiger partial charge in [0.2, 0.25) is 0 Å². The van der Waals surface area contributed by atoms with E-state index >= 15 is 0 Å². The number of nitriles is 2. The summed E-state index contributed by atoms with van der Waals surface area (Å²) < 4.78 is 4.30. The van der Waals surface area contributed by atoms with Crippen molar-refractivity contribution >= 4 is 43.6 Å². The number of hydrogen-bond donors (Lipinski definition) is 0. The van der Waals surface area contributed by atoms with Crippen molar-refractivity contribution in [2.45, 2.75) is 19.3 Å². The van der Waals surface area contributed by atoms with E-state index in [1.54, 1.807) is 0 Å². The van der Waals surface area contributed by atoms with Crippen LogP contribution in [0.5, 0.6) is 0 Å². The smallest absolute Gasteiger partial charge is 0.103 e. The molecule has 9 rings (SSSR count). The lowest BCUT2D eigenvalue weighted by atomic mass is 9.82. The van der Waals surface area contributed by atoms with Gasteiger partial charge in [-0.05, 0) is 64.7 Å². The van der Waals surface area contributed by atoms with Gasteiger partial charge >= 0.3 is 0 Å². The molecule has 0 aliphatic heterocycles. The van der Waals surface area contributed by atoms with Gasteiger partial charge in [0.15, 0.2) is 0 Å². The topological polar surface area (TPSA) is 57.4 Å². The van der Waals surface area contributed by atoms with Gasteiger partial charge in [-0.15, -0.1) is 0 Å². The van der Waals surface area contributed by atoms with Crippen LogP contribution < -0.4 is 0 Å². The van der Waals surface area contributed by atoms with Crippen LogP contribution in [0.25, 0.3) is 66.1 Å². The molecule has 210 valence electrons. The molecule has 0 atom stereocenters. The molecule has 0 spiro atoms. The molecule has 0 saturated heterocycles. The number of fused-ring (bicyclic) bond motifs is 9. The van der Waals surface area contributed by atoms with E-state index in [1.807, 2.05) is 42.5 Å². The Labute approximate surface area is 260 Å². The first-order valence-electron chi connectivity index (χ1n) is 15.2. The summed E-state index contributed by atoms with van der Waals surface area (Å²) in [5.41, 5.74) is 11.1. The van der Waals surface area contributed by atoms with Crippen LogP contribution in [0.3, 0.4) is 0 Å². The molecule has 0 saturated carbocycles. The molecule has 8 aromatic rings. The highest BCUT2D eigenvalue weighted by Gasteiger charge is 2.36. The summed E-state index contributed by atoms with van der Waals surface area (Å²) >= 11 is 0. The average molecular weight is 575 g/mol. The van der Waals surface area contributed by atoms with Crippen molar-refractivity contribution < 1.29 is 0 Å². The van der Waals surface area contributed by atoms with Gasteiger partial charge in [0.25, 0.3) is 0 Å². The Morgan fingerprint density at radius 3 is 1.49 bits per heavy atom. The molecule has 0 radical (unpaired) electrons. The van der Waals surface area contributed by atoms with Crippen molar-refractivity contribution in [2.24, 2.45) is 0 Å². The zero-order valence-electron chi connectivity index (χ0n) is 24.8. The van der Waals surface area contributed by atoms with Crippen LogP contribution in [-0.2, 0) is 5.41 Å². The summed E-state index contributed by atoms with van der Waals surface area (Å²) in [7, 11) is 0. The first kappa shape index (κ1) is 25.4. The van der Waals surface area contributed by atoms with Crippen molar-refractivity contribution in [1.82, 2.24) is 9.13 Å². The number of rotatable bonds is 2. The van der Waals surface area contributed by atoms with Crippen LogP contribution in [0.2, 0.25) is 0 Å². The highest BCUT2D eigenvalue weighted by molar-refractivity contribution is 6.12. The van der Waals surface area contributed by atoms with E-state index < -0.39 is 0 Å². The van der Waals surface area contributed by atoms with E-state index in [9.17, 15) is 10.5 Å². The van der Waals surface area contributed by atoms with Gasteiger partial charge in [-0.2, -0.15) is 10.5 Å². The number of benzene rings is 6. The maximum atomic E-state index is 10.8. The third kappa shape index (κ3) is 3.23. The third-order valence-corrected chi connectivity index (χ3v) is 9.82. The van der Waals surface area contributed by atoms with Crippen LogP contribution in [0, 0.1) is 22.7 Å². The van der Waals surface area contributed by atoms with Gasteiger partial charge in [-0.1, -0.05) is 92.7 Å². The van der Waals surface area contributed by atoms with E-state index in [0.29, 0.717) is 22.5 Å². The summed E-state index contributed by atoms with van der Waals surface area (Å²) in [4.78, 5) is 0. The molecule has 0 bridgehead atoms. The minimum Gasteiger partial charge on any atom is -0.308 e. The summed E-state index contributed by atoms with van der Waals surface area (Å²) in [5.74, 6) is 0. The molecule has 0 amide bonds. The Balaban J connectivity index is 1.37. The molecule has 1 aliphatic carbocycles. The Morgan fingerprint density at radius 1 is 0.467 bits per heavy atom. The highest BCUT2D eigenvalue weighted by Crippen LogP contribution is 2.51. The fourth-order valence-electron chi connectivity index (χ4n) is 7.78. The van der Waals surface area contributed by atoms with E-state index in [1.165, 1.54) is 22.3 Å². The van der Waals surface area contributed by atoms with Crippen molar-refractivity contribution in [3.05, 3.63) is 144 Å². The Bertz CT molecular complexity index is 2600. The van der Waals surface area contributed by atoms with Crippen LogP contribution in [0.4, 0.5) is 0 Å². The van der Waals surface area contributed by atoms with Crippen LogP contribution in [0.15, 0.2) is 121 Å². The molecule has 4 heteroatoms. The van der Waals surface area contributed by atoms with Gasteiger partial charge in [0, 0.05) is 27.0 Å². The molecule has 0 N–H and O–H groups in total. The molecule has 2 aromatic heterocycles. The molecule has 0 fully saturated rings. The van der Waals surface area contributed by atoms with Gasteiger partial charge < -0.3 is 9.13 Å². The summed E-state index contributed by atoms with van der Waals surface area (Å²) in [6, 6.07) is 47.0. The summed E-state index contributed by atoms with van der Waals surface area (Å²) in [6.07, 6.45) is 0. The minimum atomic E-state index is -0.169. The second-order valence-electron chi connectivity index (χ2n) is 12.4. The predicted molar refractivity (Wildman–Crippen MR) is 182 cm³/mol. The van der Waals surface area contributed by atoms with Crippen molar-refractivity contribution in [1.29, 1.82) is 10.5 Å². The number of nitrogens with zero attached hydrogens (tertiary/aromatic N) is 4. The molecule has 0 unspecified atom stereocenters. The second kappa shape index (κ2) is 8.96. The molecule has 2 heterocycles. The fourth-order valence-corrected chi connectivity index (χ4v) is 7.78. The zero-order valence-corrected chi connectivity index (χ0v) is 24.8. The van der Waals surface area contributed by atoms with Crippen molar-refractivity contribution in [3.63, 3.8) is 0 Å². The zero-order chi connectivity index (χ0) is 30.4. The number of hydrogen-bond acceptors (Lipinski definition) is 2. The normalized spacial score (nSPS) is 13.2. The Hall–Kier alpha value is -6.10. The SMILES string of the molecule is CC1(C)c2ccccc2-c2cc3c4ccccc4n(-c4ccc(-n5c6ccccc6c6ccccc65)c(C#N)c4C#N)c3cc21. The fraction of sp³-hybridized carbons (Fsp3) is 0.0732. The lowest BCUT2D eigenvalue weighted by Crippen LogP contribution is -2.15. The molecule has 4 nitrogen and oxygen atoms in total. The van der Waals surface area contributed by atoms with E-state index in [4.69, 9.17) is 0 Å². The number of aromatic nitrogens is 2. The van der Waals surface area contributed by atoms with Gasteiger partial charge in [0.1, 0.15) is 12.1 Å². The lowest BCUT2D eigenvalue weighted by Gasteiger charge is -2.22. The van der Waals surface area contributed by atoms with E-state index in [-0.39, 0.29) is 5.41 Å². The highest BCUT2D eigenvalue weighted by atomic mass is 15.0. The summed E-state index contributed by atoms with van der Waals surface area (Å²) in [6.45, 7) is 4.57. The van der Waals surface area contributed by atoms with Crippen molar-refractivity contribution in [2.75, 3.05) is 0 Å². The maximum Gasteiger partial charge on any atom is 0.103 e. The van der Waals surface area contributed by atoms with E-state index in [2.05, 4.69) is 114 Å². The van der Waals surface area contributed by atoms with Gasteiger partial charge in [-0.25, -0.2) is 0 Å². The minimum absolute atomic E-state index is 0.169. The molecular weight excluding hydrogens is 548 g/mol. The Kier molecular flexibility index (Phi) is 5.06. The van der Waals surface area contributed by atoms with Crippen molar-refractivity contribution in [3.8, 4) is 34.6 Å². The molecule has 6 aromatic carbocycles. The standard InChI is InChI=1S/C41H26N4/c1-41(2)33-15-7-3-11-25(33)29-21-30-28-14-6-10-18-37(28)45(40(30)22-34(29)41)39-20-19-38(31(23-42)32(39)24-43)44-35-16-8-4-12-26(35)27-13-5-9-17-36(27)44/h3-22H,1-2H3. The quantitative estimate of drug-likeness (QED) is 0.206. The average Bonchev–Trinajstić information content (AvgIpc) is 3.66. The summed E-state index contributed by atoms with van der Waals surface area (Å²) in [5, 5.41) is 25.9. The lowest BCUT2D eigenvalue weighted by molar-refractivity contribution is 0.661. The molecule has 1 aliphatic rings. The molecule has 45 heavy (non-hydrogen) atoms. The Morgan fingerprint density at radius 2 is 0.933 bits per heavy atom. The van der Waals surface area contributed by atoms with Crippen LogP contribution in [-0.4, -0.2) is 9.13 Å². The third-order valence-electron chi connectivity index (χ3n) is 9.82. The second-order valence-corrected chi connectivity index (χ2v) is 12.4. The largest absolute Gasteiger partial charge is 0.308 e. The van der Waals surface area contributed by atoms with E-state index in [0.717, 1.165) is 43.6 Å². The monoisotopic (exact) mass is 574 g/mol. The number of para-hydroxylation sites is 3. The van der Waals surface area contributed by atoms with Crippen LogP contribution >= 0.6 is 0 Å². The maximum absolute atomic E-state index is 10.8. The first-order chi connectivity index (χ1) is 22.0. The molecular formula is C41H26N4.